The molecule has 148 valence electrons. The lowest BCUT2D eigenvalue weighted by molar-refractivity contribution is -0.120. The van der Waals surface area contributed by atoms with Crippen LogP contribution in [0.1, 0.15) is 20.7 Å². The monoisotopic (exact) mass is 414 g/mol. The molecule has 0 aromatic heterocycles. The molecule has 0 bridgehead atoms. The molecule has 29 heavy (non-hydrogen) atoms. The number of nitrogens with zero attached hydrogens (tertiary/aromatic N) is 1. The number of amides is 2. The highest BCUT2D eigenvalue weighted by molar-refractivity contribution is 6.53. The van der Waals surface area contributed by atoms with Crippen molar-refractivity contribution in [3.8, 4) is 0 Å². The van der Waals surface area contributed by atoms with Gasteiger partial charge in [-0.05, 0) is 42.5 Å². The van der Waals surface area contributed by atoms with Crippen molar-refractivity contribution in [2.75, 3.05) is 24.4 Å². The summed E-state index contributed by atoms with van der Waals surface area (Å²) in [6, 6.07) is 11.9. The Balaban J connectivity index is 1.86. The Bertz CT molecular complexity index is 1050. The summed E-state index contributed by atoms with van der Waals surface area (Å²) in [6.45, 7) is 0. The second kappa shape index (κ2) is 8.15. The first kappa shape index (κ1) is 20.1. The third-order valence-corrected chi connectivity index (χ3v) is 4.48. The van der Waals surface area contributed by atoms with Gasteiger partial charge in [0.25, 0.3) is 11.8 Å². The van der Waals surface area contributed by atoms with Gasteiger partial charge in [0.05, 0.1) is 31.0 Å². The van der Waals surface area contributed by atoms with Crippen molar-refractivity contribution in [1.29, 1.82) is 0 Å². The van der Waals surface area contributed by atoms with Crippen molar-refractivity contribution in [3.63, 3.8) is 0 Å². The summed E-state index contributed by atoms with van der Waals surface area (Å²) in [7, 11) is 2.50. The zero-order valence-corrected chi connectivity index (χ0v) is 16.1. The molecule has 0 saturated carbocycles. The number of benzene rings is 2. The van der Waals surface area contributed by atoms with E-state index in [0.29, 0.717) is 5.69 Å². The van der Waals surface area contributed by atoms with E-state index in [0.717, 1.165) is 4.90 Å². The first-order valence-electron chi connectivity index (χ1n) is 8.29. The van der Waals surface area contributed by atoms with Crippen LogP contribution < -0.4 is 10.2 Å². The normalized spacial score (nSPS) is 13.6. The number of nitrogens with one attached hydrogen (secondary N) is 1. The Morgan fingerprint density at radius 2 is 1.52 bits per heavy atom. The molecule has 3 rings (SSSR count). The van der Waals surface area contributed by atoms with Gasteiger partial charge >= 0.3 is 11.9 Å². The lowest BCUT2D eigenvalue weighted by Gasteiger charge is -2.15. The molecule has 2 amide bonds. The minimum Gasteiger partial charge on any atom is -0.465 e. The Hall–Kier alpha value is -3.65. The number of esters is 2. The molecule has 1 heterocycles. The van der Waals surface area contributed by atoms with E-state index in [-0.39, 0.29) is 27.5 Å². The number of ether oxygens (including phenoxy) is 2. The van der Waals surface area contributed by atoms with Gasteiger partial charge in [-0.25, -0.2) is 14.5 Å². The highest BCUT2D eigenvalue weighted by atomic mass is 35.5. The summed E-state index contributed by atoms with van der Waals surface area (Å²) in [4.78, 5) is 49.4. The summed E-state index contributed by atoms with van der Waals surface area (Å²) in [5, 5.41) is 2.49. The summed E-state index contributed by atoms with van der Waals surface area (Å²) in [5.74, 6) is -2.47. The van der Waals surface area contributed by atoms with Crippen LogP contribution in [0.2, 0.25) is 0 Å². The van der Waals surface area contributed by atoms with Gasteiger partial charge in [0.15, 0.2) is 0 Å². The third-order valence-electron chi connectivity index (χ3n) is 4.13. The van der Waals surface area contributed by atoms with Gasteiger partial charge in [0, 0.05) is 5.69 Å². The number of halogens is 1. The predicted molar refractivity (Wildman–Crippen MR) is 105 cm³/mol. The van der Waals surface area contributed by atoms with Crippen LogP contribution in [0.3, 0.4) is 0 Å². The van der Waals surface area contributed by atoms with E-state index in [9.17, 15) is 19.2 Å². The summed E-state index contributed by atoms with van der Waals surface area (Å²) in [5.41, 5.74) is 1.03. The molecule has 1 N–H and O–H groups in total. The van der Waals surface area contributed by atoms with Gasteiger partial charge in [0.2, 0.25) is 0 Å². The SMILES string of the molecule is COC(=O)c1ccc(N2C(=O)C(Cl)=C(Nc3cccc(C(=O)OC)c3)C2=O)cc1. The molecular weight excluding hydrogens is 400 g/mol. The van der Waals surface area contributed by atoms with E-state index < -0.39 is 23.8 Å². The van der Waals surface area contributed by atoms with Crippen LogP contribution in [0.4, 0.5) is 11.4 Å². The molecule has 1 aliphatic rings. The molecule has 0 atom stereocenters. The summed E-state index contributed by atoms with van der Waals surface area (Å²) in [6.07, 6.45) is 0. The van der Waals surface area contributed by atoms with Crippen LogP contribution in [-0.4, -0.2) is 38.0 Å². The number of carbonyl (C=O) groups excluding carboxylic acids is 4. The van der Waals surface area contributed by atoms with Crippen LogP contribution in [0.25, 0.3) is 0 Å². The molecule has 9 heteroatoms. The number of hydrogen-bond acceptors (Lipinski definition) is 7. The first-order valence-corrected chi connectivity index (χ1v) is 8.67. The quantitative estimate of drug-likeness (QED) is 0.592. The predicted octanol–water partition coefficient (Wildman–Crippen LogP) is 2.70. The molecule has 0 spiro atoms. The number of hydrogen-bond donors (Lipinski definition) is 1. The lowest BCUT2D eigenvalue weighted by Crippen LogP contribution is -2.32. The maximum atomic E-state index is 12.8. The smallest absolute Gasteiger partial charge is 0.337 e. The zero-order chi connectivity index (χ0) is 21.1. The van der Waals surface area contributed by atoms with E-state index in [1.165, 1.54) is 44.6 Å². The number of methoxy groups -OCH3 is 2. The number of imide groups is 1. The highest BCUT2D eigenvalue weighted by Gasteiger charge is 2.39. The third kappa shape index (κ3) is 3.83. The standard InChI is InChI=1S/C20H15ClN2O6/c1-28-19(26)11-6-8-14(9-7-11)23-17(24)15(21)16(18(23)25)22-13-5-3-4-12(10-13)20(27)29-2/h3-10,22H,1-2H3. The molecule has 2 aromatic rings. The molecule has 0 saturated heterocycles. The zero-order valence-electron chi connectivity index (χ0n) is 15.4. The molecule has 0 unspecified atom stereocenters. The van der Waals surface area contributed by atoms with Gasteiger partial charge < -0.3 is 14.8 Å². The molecular formula is C20H15ClN2O6. The van der Waals surface area contributed by atoms with E-state index in [1.807, 2.05) is 0 Å². The van der Waals surface area contributed by atoms with Crippen molar-refractivity contribution in [1.82, 2.24) is 0 Å². The Morgan fingerprint density at radius 3 is 2.14 bits per heavy atom. The van der Waals surface area contributed by atoms with Crippen molar-refractivity contribution in [3.05, 3.63) is 70.4 Å². The van der Waals surface area contributed by atoms with Crippen LogP contribution in [0, 0.1) is 0 Å². The van der Waals surface area contributed by atoms with Crippen LogP contribution >= 0.6 is 11.6 Å². The minimum absolute atomic E-state index is 0.129. The minimum atomic E-state index is -0.714. The second-order valence-corrected chi connectivity index (χ2v) is 6.25. The van der Waals surface area contributed by atoms with Crippen LogP contribution in [0.15, 0.2) is 59.3 Å². The van der Waals surface area contributed by atoms with Gasteiger partial charge in [-0.3, -0.25) is 9.59 Å². The number of carbonyl (C=O) groups is 4. The second-order valence-electron chi connectivity index (χ2n) is 5.87. The fourth-order valence-electron chi connectivity index (χ4n) is 2.70. The summed E-state index contributed by atoms with van der Waals surface area (Å²) < 4.78 is 9.28. The highest BCUT2D eigenvalue weighted by Crippen LogP contribution is 2.30. The van der Waals surface area contributed by atoms with Crippen molar-refractivity contribution in [2.24, 2.45) is 0 Å². The molecule has 0 aliphatic carbocycles. The lowest BCUT2D eigenvalue weighted by atomic mass is 10.2. The fraction of sp³-hybridized carbons (Fsp3) is 0.100. The number of rotatable bonds is 5. The van der Waals surface area contributed by atoms with Crippen molar-refractivity contribution in [2.45, 2.75) is 0 Å². The summed E-state index contributed by atoms with van der Waals surface area (Å²) >= 11 is 6.09. The van der Waals surface area contributed by atoms with Crippen molar-refractivity contribution < 1.29 is 28.7 Å². The van der Waals surface area contributed by atoms with Gasteiger partial charge in [-0.15, -0.1) is 0 Å². The van der Waals surface area contributed by atoms with Gasteiger partial charge in [0.1, 0.15) is 10.7 Å². The van der Waals surface area contributed by atoms with Crippen LogP contribution in [0.5, 0.6) is 0 Å². The molecule has 0 radical (unpaired) electrons. The average molecular weight is 415 g/mol. The first-order chi connectivity index (χ1) is 13.9. The van der Waals surface area contributed by atoms with E-state index in [2.05, 4.69) is 14.8 Å². The molecule has 0 fully saturated rings. The van der Waals surface area contributed by atoms with Gasteiger partial charge in [-0.2, -0.15) is 0 Å². The average Bonchev–Trinajstić information content (AvgIpc) is 2.96. The Morgan fingerprint density at radius 1 is 0.897 bits per heavy atom. The van der Waals surface area contributed by atoms with E-state index in [4.69, 9.17) is 11.6 Å². The number of anilines is 2. The fourth-order valence-corrected chi connectivity index (χ4v) is 2.91. The van der Waals surface area contributed by atoms with E-state index >= 15 is 0 Å². The Labute approximate surface area is 170 Å². The molecule has 1 aliphatic heterocycles. The Kier molecular flexibility index (Phi) is 5.65. The molecule has 8 nitrogen and oxygen atoms in total. The maximum absolute atomic E-state index is 12.8. The van der Waals surface area contributed by atoms with Crippen LogP contribution in [-0.2, 0) is 19.1 Å². The molecule has 2 aromatic carbocycles. The van der Waals surface area contributed by atoms with Crippen molar-refractivity contribution >= 4 is 46.7 Å². The maximum Gasteiger partial charge on any atom is 0.337 e. The van der Waals surface area contributed by atoms with Gasteiger partial charge in [-0.1, -0.05) is 17.7 Å². The van der Waals surface area contributed by atoms with E-state index in [1.54, 1.807) is 18.2 Å². The largest absolute Gasteiger partial charge is 0.465 e. The topological polar surface area (TPSA) is 102 Å².